The van der Waals surface area contributed by atoms with E-state index in [-0.39, 0.29) is 23.8 Å². The van der Waals surface area contributed by atoms with Crippen LogP contribution in [-0.2, 0) is 0 Å². The fourth-order valence-corrected chi connectivity index (χ4v) is 2.94. The molecule has 0 unspecified atom stereocenters. The molecule has 0 bridgehead atoms. The van der Waals surface area contributed by atoms with Gasteiger partial charge in [0.1, 0.15) is 6.17 Å². The van der Waals surface area contributed by atoms with Crippen molar-refractivity contribution >= 4 is 17.3 Å². The van der Waals surface area contributed by atoms with Gasteiger partial charge in [0.2, 0.25) is 0 Å². The monoisotopic (exact) mass is 325 g/mol. The van der Waals surface area contributed by atoms with E-state index in [1.54, 1.807) is 12.1 Å². The van der Waals surface area contributed by atoms with Gasteiger partial charge in [-0.1, -0.05) is 19.1 Å². The predicted octanol–water partition coefficient (Wildman–Crippen LogP) is 3.96. The summed E-state index contributed by atoms with van der Waals surface area (Å²) in [5, 5.41) is 14.2. The van der Waals surface area contributed by atoms with Crippen molar-refractivity contribution in [1.29, 1.82) is 0 Å². The summed E-state index contributed by atoms with van der Waals surface area (Å²) in [6, 6.07) is 13.8. The smallest absolute Gasteiger partial charge is 0.269 e. The Hall–Kier alpha value is -2.89. The number of nitro groups is 1. The van der Waals surface area contributed by atoms with Crippen LogP contribution in [-0.4, -0.2) is 21.8 Å². The van der Waals surface area contributed by atoms with Crippen LogP contribution in [0.15, 0.2) is 48.5 Å². The summed E-state index contributed by atoms with van der Waals surface area (Å²) in [5.41, 5.74) is 2.29. The number of hydrogen-bond donors (Lipinski definition) is 1. The van der Waals surface area contributed by atoms with Gasteiger partial charge in [0.25, 0.3) is 11.6 Å². The van der Waals surface area contributed by atoms with E-state index in [1.807, 2.05) is 43.0 Å². The van der Waals surface area contributed by atoms with Gasteiger partial charge in [-0.3, -0.25) is 14.9 Å². The number of hydrogen-bond acceptors (Lipinski definition) is 4. The van der Waals surface area contributed by atoms with Gasteiger partial charge in [0.15, 0.2) is 0 Å². The molecule has 0 aromatic heterocycles. The van der Waals surface area contributed by atoms with Gasteiger partial charge in [-0.05, 0) is 43.2 Å². The van der Waals surface area contributed by atoms with Gasteiger partial charge in [0, 0.05) is 23.9 Å². The van der Waals surface area contributed by atoms with Gasteiger partial charge < -0.3 is 10.2 Å². The molecule has 2 atom stereocenters. The second-order valence-corrected chi connectivity index (χ2v) is 5.91. The molecule has 0 saturated carbocycles. The molecule has 124 valence electrons. The molecule has 24 heavy (non-hydrogen) atoms. The number of non-ortho nitro benzene ring substituents is 1. The van der Waals surface area contributed by atoms with Gasteiger partial charge in [0.05, 0.1) is 10.5 Å². The first-order valence-corrected chi connectivity index (χ1v) is 7.95. The van der Waals surface area contributed by atoms with Crippen molar-refractivity contribution in [3.8, 4) is 0 Å². The van der Waals surface area contributed by atoms with Gasteiger partial charge >= 0.3 is 0 Å². The zero-order chi connectivity index (χ0) is 17.3. The van der Waals surface area contributed by atoms with E-state index in [1.165, 1.54) is 12.1 Å². The number of para-hydroxylation sites is 1. The Morgan fingerprint density at radius 2 is 1.88 bits per heavy atom. The number of rotatable bonds is 4. The number of fused-ring (bicyclic) bond motifs is 1. The van der Waals surface area contributed by atoms with E-state index in [9.17, 15) is 14.9 Å². The molecule has 0 fully saturated rings. The third kappa shape index (κ3) is 2.71. The largest absolute Gasteiger partial charge is 0.361 e. The zero-order valence-electron chi connectivity index (χ0n) is 13.6. The molecule has 2 aromatic rings. The van der Waals surface area contributed by atoms with Gasteiger partial charge in [-0.2, -0.15) is 0 Å². The van der Waals surface area contributed by atoms with E-state index >= 15 is 0 Å². The average molecular weight is 325 g/mol. The van der Waals surface area contributed by atoms with Crippen molar-refractivity contribution < 1.29 is 9.72 Å². The van der Waals surface area contributed by atoms with E-state index in [2.05, 4.69) is 5.32 Å². The van der Waals surface area contributed by atoms with Crippen LogP contribution in [0.5, 0.6) is 0 Å². The molecule has 0 radical (unpaired) electrons. The highest BCUT2D eigenvalue weighted by molar-refractivity contribution is 6.01. The molecule has 6 heteroatoms. The molecule has 0 saturated heterocycles. The summed E-state index contributed by atoms with van der Waals surface area (Å²) in [6.45, 7) is 4.04. The highest BCUT2D eigenvalue weighted by atomic mass is 16.6. The number of benzene rings is 2. The first-order valence-electron chi connectivity index (χ1n) is 7.95. The maximum atomic E-state index is 13.0. The highest BCUT2D eigenvalue weighted by Crippen LogP contribution is 2.35. The van der Waals surface area contributed by atoms with Crippen LogP contribution in [0, 0.1) is 10.1 Å². The lowest BCUT2D eigenvalue weighted by Gasteiger charge is -2.41. The Bertz CT molecular complexity index is 773. The Balaban J connectivity index is 2.03. The predicted molar refractivity (Wildman–Crippen MR) is 91.8 cm³/mol. The number of nitrogens with zero attached hydrogens (tertiary/aromatic N) is 2. The van der Waals surface area contributed by atoms with Crippen LogP contribution in [0.4, 0.5) is 11.4 Å². The first kappa shape index (κ1) is 16.0. The molecule has 1 N–H and O–H groups in total. The summed E-state index contributed by atoms with van der Waals surface area (Å²) < 4.78 is 0. The minimum absolute atomic E-state index is 0.0259. The SMILES string of the molecule is CC[C@@H](C)N1C(=O)c2ccccc2N[C@@H]1c1ccc([N+](=O)[O-])cc1. The van der Waals surface area contributed by atoms with Crippen molar-refractivity contribution in [3.63, 3.8) is 0 Å². The fraction of sp³-hybridized carbons (Fsp3) is 0.278. The third-order valence-corrected chi connectivity index (χ3v) is 4.45. The number of amides is 1. The molecule has 6 nitrogen and oxygen atoms in total. The van der Waals surface area contributed by atoms with E-state index in [0.29, 0.717) is 5.56 Å². The number of nitro benzene ring substituents is 1. The standard InChI is InChI=1S/C18H19N3O3/c1-3-12(2)20-17(13-8-10-14(11-9-13)21(23)24)19-16-7-5-4-6-15(16)18(20)22/h4-12,17,19H,3H2,1-2H3/t12-,17+/m1/s1. The second-order valence-electron chi connectivity index (χ2n) is 5.91. The Morgan fingerprint density at radius 3 is 2.50 bits per heavy atom. The number of carbonyl (C=O) groups excluding carboxylic acids is 1. The van der Waals surface area contributed by atoms with E-state index < -0.39 is 4.92 Å². The van der Waals surface area contributed by atoms with Crippen LogP contribution >= 0.6 is 0 Å². The fourth-order valence-electron chi connectivity index (χ4n) is 2.94. The molecule has 1 heterocycles. The molecule has 0 spiro atoms. The molecule has 3 rings (SSSR count). The Kier molecular flexibility index (Phi) is 4.20. The van der Waals surface area contributed by atoms with E-state index in [4.69, 9.17) is 0 Å². The molecule has 1 aliphatic heterocycles. The molecule has 2 aromatic carbocycles. The summed E-state index contributed by atoms with van der Waals surface area (Å²) in [5.74, 6) is -0.0259. The Morgan fingerprint density at radius 1 is 1.21 bits per heavy atom. The average Bonchev–Trinajstić information content (AvgIpc) is 2.61. The van der Waals surface area contributed by atoms with Crippen LogP contribution in [0.2, 0.25) is 0 Å². The maximum Gasteiger partial charge on any atom is 0.269 e. The maximum absolute atomic E-state index is 13.0. The molecular weight excluding hydrogens is 306 g/mol. The summed E-state index contributed by atoms with van der Waals surface area (Å²) in [7, 11) is 0. The number of anilines is 1. The quantitative estimate of drug-likeness (QED) is 0.682. The summed E-state index contributed by atoms with van der Waals surface area (Å²) >= 11 is 0. The minimum atomic E-state index is -0.426. The van der Waals surface area contributed by atoms with Crippen molar-refractivity contribution in [2.45, 2.75) is 32.5 Å². The van der Waals surface area contributed by atoms with Crippen LogP contribution in [0.1, 0.15) is 42.4 Å². The second kappa shape index (κ2) is 6.31. The highest BCUT2D eigenvalue weighted by Gasteiger charge is 2.35. The molecule has 1 amide bonds. The van der Waals surface area contributed by atoms with Crippen LogP contribution < -0.4 is 5.32 Å². The van der Waals surface area contributed by atoms with Crippen molar-refractivity contribution in [1.82, 2.24) is 4.90 Å². The lowest BCUT2D eigenvalue weighted by molar-refractivity contribution is -0.384. The van der Waals surface area contributed by atoms with Crippen LogP contribution in [0.25, 0.3) is 0 Å². The normalized spacial score (nSPS) is 17.8. The topological polar surface area (TPSA) is 75.5 Å². The van der Waals surface area contributed by atoms with Crippen LogP contribution in [0.3, 0.4) is 0 Å². The number of nitrogens with one attached hydrogen (secondary N) is 1. The van der Waals surface area contributed by atoms with Gasteiger partial charge in [-0.25, -0.2) is 0 Å². The Labute approximate surface area is 140 Å². The minimum Gasteiger partial charge on any atom is -0.361 e. The number of carbonyl (C=O) groups is 1. The summed E-state index contributed by atoms with van der Waals surface area (Å²) in [4.78, 5) is 25.2. The summed E-state index contributed by atoms with van der Waals surface area (Å²) in [6.07, 6.45) is 0.474. The van der Waals surface area contributed by atoms with Gasteiger partial charge in [-0.15, -0.1) is 0 Å². The van der Waals surface area contributed by atoms with E-state index in [0.717, 1.165) is 17.7 Å². The first-order chi connectivity index (χ1) is 11.5. The van der Waals surface area contributed by atoms with Crippen molar-refractivity contribution in [2.75, 3.05) is 5.32 Å². The van der Waals surface area contributed by atoms with Crippen molar-refractivity contribution in [2.24, 2.45) is 0 Å². The third-order valence-electron chi connectivity index (χ3n) is 4.45. The molecular formula is C18H19N3O3. The zero-order valence-corrected chi connectivity index (χ0v) is 13.6. The lowest BCUT2D eigenvalue weighted by atomic mass is 10.0. The molecule has 0 aliphatic carbocycles. The van der Waals surface area contributed by atoms with Crippen molar-refractivity contribution in [3.05, 3.63) is 69.8 Å². The lowest BCUT2D eigenvalue weighted by Crippen LogP contribution is -2.47. The molecule has 1 aliphatic rings.